The number of fused-ring (bicyclic) bond motifs is 2. The number of amides is 1. The van der Waals surface area contributed by atoms with Crippen LogP contribution in [0.5, 0.6) is 0 Å². The van der Waals surface area contributed by atoms with E-state index in [1.165, 1.54) is 25.7 Å². The Kier molecular flexibility index (Phi) is 4.85. The molecule has 3 aromatic rings. The van der Waals surface area contributed by atoms with Crippen molar-refractivity contribution >= 4 is 23.3 Å². The molecular weight excluding hydrogens is 366 g/mol. The Morgan fingerprint density at radius 3 is 2.57 bits per heavy atom. The maximum absolute atomic E-state index is 13.3. The lowest BCUT2D eigenvalue weighted by molar-refractivity contribution is 0.0780. The first-order chi connectivity index (χ1) is 13.8. The lowest BCUT2D eigenvalue weighted by Crippen LogP contribution is -2.29. The molecule has 2 fully saturated rings. The molecule has 0 bridgehead atoms. The molecule has 2 atom stereocenters. The van der Waals surface area contributed by atoms with Crippen LogP contribution < -0.4 is 0 Å². The molecule has 0 spiro atoms. The Bertz CT molecular complexity index is 951. The van der Waals surface area contributed by atoms with Crippen LogP contribution in [-0.4, -0.2) is 33.3 Å². The number of imidazole rings is 1. The molecular formula is C23H25N3OS. The first-order valence-electron chi connectivity index (χ1n) is 10.2. The van der Waals surface area contributed by atoms with Gasteiger partial charge in [0.2, 0.25) is 0 Å². The molecule has 28 heavy (non-hydrogen) atoms. The number of carbonyl (C=O) groups excluding carboxylic acids is 1. The third-order valence-corrected chi connectivity index (χ3v) is 7.28. The van der Waals surface area contributed by atoms with Crippen molar-refractivity contribution in [2.75, 3.05) is 13.1 Å². The van der Waals surface area contributed by atoms with Gasteiger partial charge in [-0.25, -0.2) is 4.98 Å². The quantitative estimate of drug-likeness (QED) is 0.594. The standard InChI is InChI=1S/C23H25N3OS/c27-23(26-13-17-7-1-2-8-18(17)14-26)20-9-3-4-10-21(20)28-16-19-15-25-12-6-5-11-22(25)24-19/h3-6,9-12,15,17-18H,1-2,7-8,13-14,16H2. The van der Waals surface area contributed by atoms with Gasteiger partial charge in [0.15, 0.2) is 0 Å². The fraction of sp³-hybridized carbons (Fsp3) is 0.391. The van der Waals surface area contributed by atoms with E-state index in [0.717, 1.165) is 52.5 Å². The molecule has 1 aromatic carbocycles. The van der Waals surface area contributed by atoms with E-state index in [9.17, 15) is 4.79 Å². The van der Waals surface area contributed by atoms with Crippen molar-refractivity contribution in [2.45, 2.75) is 36.3 Å². The minimum Gasteiger partial charge on any atom is -0.338 e. The van der Waals surface area contributed by atoms with Crippen LogP contribution in [0.3, 0.4) is 0 Å². The molecule has 5 heteroatoms. The summed E-state index contributed by atoms with van der Waals surface area (Å²) in [5.41, 5.74) is 2.84. The summed E-state index contributed by atoms with van der Waals surface area (Å²) in [6.07, 6.45) is 9.32. The topological polar surface area (TPSA) is 37.6 Å². The number of likely N-dealkylation sites (tertiary alicyclic amines) is 1. The first kappa shape index (κ1) is 17.8. The van der Waals surface area contributed by atoms with E-state index in [1.807, 2.05) is 47.0 Å². The number of rotatable bonds is 4. The van der Waals surface area contributed by atoms with Crippen LogP contribution in [0.15, 0.2) is 59.8 Å². The second kappa shape index (κ2) is 7.63. The van der Waals surface area contributed by atoms with E-state index in [4.69, 9.17) is 0 Å². The minimum absolute atomic E-state index is 0.201. The lowest BCUT2D eigenvalue weighted by Gasteiger charge is -2.22. The van der Waals surface area contributed by atoms with E-state index in [1.54, 1.807) is 11.8 Å². The summed E-state index contributed by atoms with van der Waals surface area (Å²) >= 11 is 1.70. The fourth-order valence-electron chi connectivity index (χ4n) is 4.72. The molecule has 2 aromatic heterocycles. The molecule has 1 aliphatic heterocycles. The summed E-state index contributed by atoms with van der Waals surface area (Å²) in [6.45, 7) is 1.88. The Morgan fingerprint density at radius 1 is 1.04 bits per heavy atom. The summed E-state index contributed by atoms with van der Waals surface area (Å²) in [5.74, 6) is 2.40. The van der Waals surface area contributed by atoms with Crippen molar-refractivity contribution in [3.8, 4) is 0 Å². The Balaban J connectivity index is 1.31. The summed E-state index contributed by atoms with van der Waals surface area (Å²) in [5, 5.41) is 0. The van der Waals surface area contributed by atoms with E-state index in [0.29, 0.717) is 0 Å². The number of hydrogen-bond donors (Lipinski definition) is 0. The molecule has 1 saturated heterocycles. The van der Waals surface area contributed by atoms with Crippen LogP contribution >= 0.6 is 11.8 Å². The van der Waals surface area contributed by atoms with Crippen LogP contribution in [0.4, 0.5) is 0 Å². The van der Waals surface area contributed by atoms with Gasteiger partial charge in [-0.3, -0.25) is 4.79 Å². The summed E-state index contributed by atoms with van der Waals surface area (Å²) in [7, 11) is 0. The molecule has 1 saturated carbocycles. The molecule has 0 radical (unpaired) electrons. The van der Waals surface area contributed by atoms with E-state index < -0.39 is 0 Å². The Morgan fingerprint density at radius 2 is 1.79 bits per heavy atom. The second-order valence-electron chi connectivity index (χ2n) is 8.00. The molecule has 1 amide bonds. The zero-order valence-corrected chi connectivity index (χ0v) is 16.8. The van der Waals surface area contributed by atoms with Crippen molar-refractivity contribution < 1.29 is 4.79 Å². The predicted octanol–water partition coefficient (Wildman–Crippen LogP) is 4.89. The van der Waals surface area contributed by atoms with E-state index in [-0.39, 0.29) is 5.91 Å². The highest BCUT2D eigenvalue weighted by Gasteiger charge is 2.37. The highest BCUT2D eigenvalue weighted by Crippen LogP contribution is 2.37. The molecule has 2 unspecified atom stereocenters. The molecule has 2 aliphatic rings. The molecule has 144 valence electrons. The van der Waals surface area contributed by atoms with Crippen LogP contribution in [0.2, 0.25) is 0 Å². The number of nitrogens with zero attached hydrogens (tertiary/aromatic N) is 3. The van der Waals surface area contributed by atoms with Crippen LogP contribution in [0.25, 0.3) is 5.65 Å². The number of benzene rings is 1. The van der Waals surface area contributed by atoms with Crippen molar-refractivity contribution in [3.63, 3.8) is 0 Å². The fourth-order valence-corrected chi connectivity index (χ4v) is 5.65. The van der Waals surface area contributed by atoms with Gasteiger partial charge < -0.3 is 9.30 Å². The van der Waals surface area contributed by atoms with E-state index >= 15 is 0 Å². The number of hydrogen-bond acceptors (Lipinski definition) is 3. The van der Waals surface area contributed by atoms with Crippen LogP contribution in [-0.2, 0) is 5.75 Å². The highest BCUT2D eigenvalue weighted by molar-refractivity contribution is 7.98. The number of pyridine rings is 1. The second-order valence-corrected chi connectivity index (χ2v) is 9.02. The van der Waals surface area contributed by atoms with Crippen molar-refractivity contribution in [1.82, 2.24) is 14.3 Å². The monoisotopic (exact) mass is 391 g/mol. The highest BCUT2D eigenvalue weighted by atomic mass is 32.2. The van der Waals surface area contributed by atoms with Gasteiger partial charge in [0.25, 0.3) is 5.91 Å². The Labute approximate surface area is 170 Å². The van der Waals surface area contributed by atoms with Crippen LogP contribution in [0.1, 0.15) is 41.7 Å². The van der Waals surface area contributed by atoms with Gasteiger partial charge in [-0.05, 0) is 48.9 Å². The number of thioether (sulfide) groups is 1. The van der Waals surface area contributed by atoms with Crippen molar-refractivity contribution in [2.24, 2.45) is 11.8 Å². The van der Waals surface area contributed by atoms with Gasteiger partial charge in [0.1, 0.15) is 5.65 Å². The zero-order valence-electron chi connectivity index (χ0n) is 16.0. The number of aromatic nitrogens is 2. The van der Waals surface area contributed by atoms with Crippen molar-refractivity contribution in [3.05, 3.63) is 66.1 Å². The smallest absolute Gasteiger partial charge is 0.255 e. The Hall–Kier alpha value is -2.27. The average Bonchev–Trinajstić information content (AvgIpc) is 3.35. The molecule has 4 nitrogen and oxygen atoms in total. The zero-order chi connectivity index (χ0) is 18.9. The molecule has 0 N–H and O–H groups in total. The predicted molar refractivity (Wildman–Crippen MR) is 113 cm³/mol. The molecule has 1 aliphatic carbocycles. The van der Waals surface area contributed by atoms with Gasteiger partial charge in [-0.15, -0.1) is 11.8 Å². The molecule has 3 heterocycles. The third kappa shape index (κ3) is 3.44. The molecule has 5 rings (SSSR count). The SMILES string of the molecule is O=C(c1ccccc1SCc1cn2ccccc2n1)N1CC2CCCCC2C1. The summed E-state index contributed by atoms with van der Waals surface area (Å²) < 4.78 is 2.04. The maximum atomic E-state index is 13.3. The van der Waals surface area contributed by atoms with Gasteiger partial charge in [-0.2, -0.15) is 0 Å². The largest absolute Gasteiger partial charge is 0.338 e. The van der Waals surface area contributed by atoms with Crippen LogP contribution in [0, 0.1) is 11.8 Å². The third-order valence-electron chi connectivity index (χ3n) is 6.17. The van der Waals surface area contributed by atoms with Gasteiger partial charge in [0.05, 0.1) is 11.3 Å². The minimum atomic E-state index is 0.201. The first-order valence-corrected chi connectivity index (χ1v) is 11.2. The van der Waals surface area contributed by atoms with Gasteiger partial charge >= 0.3 is 0 Å². The van der Waals surface area contributed by atoms with Gasteiger partial charge in [-0.1, -0.05) is 31.0 Å². The number of carbonyl (C=O) groups is 1. The summed E-state index contributed by atoms with van der Waals surface area (Å²) in [4.78, 5) is 21.1. The van der Waals surface area contributed by atoms with Crippen molar-refractivity contribution in [1.29, 1.82) is 0 Å². The lowest BCUT2D eigenvalue weighted by atomic mass is 9.82. The maximum Gasteiger partial charge on any atom is 0.255 e. The average molecular weight is 392 g/mol. The van der Waals surface area contributed by atoms with Gasteiger partial charge in [0, 0.05) is 36.1 Å². The van der Waals surface area contributed by atoms with E-state index in [2.05, 4.69) is 22.1 Å². The normalized spacial score (nSPS) is 21.8. The summed E-state index contributed by atoms with van der Waals surface area (Å²) in [6, 6.07) is 14.1.